The lowest BCUT2D eigenvalue weighted by Gasteiger charge is -2.21. The first-order valence-corrected chi connectivity index (χ1v) is 9.52. The summed E-state index contributed by atoms with van der Waals surface area (Å²) in [6.07, 6.45) is 5.97. The van der Waals surface area contributed by atoms with Gasteiger partial charge in [0.05, 0.1) is 7.11 Å². The molecule has 27 heavy (non-hydrogen) atoms. The average molecular weight is 370 g/mol. The van der Waals surface area contributed by atoms with Gasteiger partial charge >= 0.3 is 0 Å². The zero-order valence-electron chi connectivity index (χ0n) is 16.3. The monoisotopic (exact) mass is 370 g/mol. The Kier molecular flexibility index (Phi) is 8.65. The third-order valence-electron chi connectivity index (χ3n) is 4.53. The SMILES string of the molecule is CCN(CCCCCC=Nc1cc(O)ccc1O)Cc1ccccc1OC. The number of rotatable bonds is 11. The molecule has 0 aliphatic heterocycles. The summed E-state index contributed by atoms with van der Waals surface area (Å²) in [6.45, 7) is 5.15. The molecular weight excluding hydrogens is 340 g/mol. The van der Waals surface area contributed by atoms with Gasteiger partial charge in [0.1, 0.15) is 22.9 Å². The second-order valence-corrected chi connectivity index (χ2v) is 6.51. The van der Waals surface area contributed by atoms with Gasteiger partial charge in [-0.3, -0.25) is 9.89 Å². The summed E-state index contributed by atoms with van der Waals surface area (Å²) < 4.78 is 5.44. The number of nitrogens with zero attached hydrogens (tertiary/aromatic N) is 2. The molecule has 0 atom stereocenters. The third kappa shape index (κ3) is 6.94. The van der Waals surface area contributed by atoms with E-state index < -0.39 is 0 Å². The Morgan fingerprint density at radius 3 is 2.67 bits per heavy atom. The van der Waals surface area contributed by atoms with Crippen LogP contribution in [-0.2, 0) is 6.54 Å². The molecule has 5 nitrogen and oxygen atoms in total. The smallest absolute Gasteiger partial charge is 0.141 e. The van der Waals surface area contributed by atoms with Crippen LogP contribution in [0.5, 0.6) is 17.2 Å². The van der Waals surface area contributed by atoms with E-state index in [0.717, 1.165) is 51.1 Å². The fraction of sp³-hybridized carbons (Fsp3) is 0.409. The van der Waals surface area contributed by atoms with Gasteiger partial charge in [-0.15, -0.1) is 0 Å². The maximum atomic E-state index is 9.68. The van der Waals surface area contributed by atoms with Crippen LogP contribution < -0.4 is 4.74 Å². The Labute approximate surface area is 161 Å². The lowest BCUT2D eigenvalue weighted by Crippen LogP contribution is -2.24. The molecular formula is C22H30N2O3. The van der Waals surface area contributed by atoms with E-state index in [9.17, 15) is 10.2 Å². The zero-order chi connectivity index (χ0) is 19.5. The van der Waals surface area contributed by atoms with Crippen LogP contribution in [0, 0.1) is 0 Å². The first kappa shape index (κ1) is 20.8. The molecule has 2 rings (SSSR count). The average Bonchev–Trinajstić information content (AvgIpc) is 2.69. The van der Waals surface area contributed by atoms with E-state index in [0.29, 0.717) is 5.69 Å². The Morgan fingerprint density at radius 1 is 1.07 bits per heavy atom. The van der Waals surface area contributed by atoms with Crippen LogP contribution in [0.15, 0.2) is 47.5 Å². The minimum Gasteiger partial charge on any atom is -0.508 e. The molecule has 0 saturated carbocycles. The fourth-order valence-corrected chi connectivity index (χ4v) is 2.95. The Balaban J connectivity index is 1.69. The standard InChI is InChI=1S/C22H30N2O3/c1-3-24(17-18-10-6-7-11-22(18)27-2)15-9-5-4-8-14-23-20-16-19(25)12-13-21(20)26/h6-7,10-14,16,25-26H,3-5,8-9,15,17H2,1-2H3. The highest BCUT2D eigenvalue weighted by Crippen LogP contribution is 2.29. The van der Waals surface area contributed by atoms with Gasteiger partial charge in [-0.1, -0.05) is 31.5 Å². The lowest BCUT2D eigenvalue weighted by molar-refractivity contribution is 0.268. The molecule has 0 saturated heterocycles. The molecule has 5 heteroatoms. The van der Waals surface area contributed by atoms with Crippen LogP contribution in [0.4, 0.5) is 5.69 Å². The summed E-state index contributed by atoms with van der Waals surface area (Å²) >= 11 is 0. The normalized spacial score (nSPS) is 11.4. The third-order valence-corrected chi connectivity index (χ3v) is 4.53. The minimum atomic E-state index is 0.0824. The molecule has 2 aromatic rings. The number of aliphatic imine (C=N–C) groups is 1. The molecule has 0 unspecified atom stereocenters. The highest BCUT2D eigenvalue weighted by molar-refractivity contribution is 5.67. The van der Waals surface area contributed by atoms with Crippen molar-refractivity contribution in [2.45, 2.75) is 39.2 Å². The number of para-hydroxylation sites is 1. The molecule has 0 amide bonds. The van der Waals surface area contributed by atoms with Crippen molar-refractivity contribution in [1.29, 1.82) is 0 Å². The zero-order valence-corrected chi connectivity index (χ0v) is 16.3. The molecule has 2 aromatic carbocycles. The highest BCUT2D eigenvalue weighted by atomic mass is 16.5. The molecule has 2 N–H and O–H groups in total. The van der Waals surface area contributed by atoms with E-state index in [2.05, 4.69) is 28.9 Å². The number of unbranched alkanes of at least 4 members (excludes halogenated alkanes) is 3. The molecule has 0 aliphatic carbocycles. The van der Waals surface area contributed by atoms with Crippen LogP contribution >= 0.6 is 0 Å². The van der Waals surface area contributed by atoms with Crippen molar-refractivity contribution < 1.29 is 14.9 Å². The highest BCUT2D eigenvalue weighted by Gasteiger charge is 2.07. The predicted molar refractivity (Wildman–Crippen MR) is 110 cm³/mol. The van der Waals surface area contributed by atoms with Crippen LogP contribution in [0.25, 0.3) is 0 Å². The maximum Gasteiger partial charge on any atom is 0.141 e. The number of benzene rings is 2. The number of hydrogen-bond donors (Lipinski definition) is 2. The van der Waals surface area contributed by atoms with Gasteiger partial charge < -0.3 is 14.9 Å². The van der Waals surface area contributed by atoms with Crippen LogP contribution in [0.3, 0.4) is 0 Å². The lowest BCUT2D eigenvalue weighted by atomic mass is 10.1. The van der Waals surface area contributed by atoms with Gasteiger partial charge in [0.25, 0.3) is 0 Å². The van der Waals surface area contributed by atoms with E-state index in [1.54, 1.807) is 13.3 Å². The molecule has 146 valence electrons. The number of hydrogen-bond acceptors (Lipinski definition) is 5. The second-order valence-electron chi connectivity index (χ2n) is 6.51. The van der Waals surface area contributed by atoms with Gasteiger partial charge in [0.15, 0.2) is 0 Å². The molecule has 0 bridgehead atoms. The van der Waals surface area contributed by atoms with Crippen molar-refractivity contribution in [2.24, 2.45) is 4.99 Å². The van der Waals surface area contributed by atoms with E-state index in [1.165, 1.54) is 23.8 Å². The molecule has 0 aliphatic rings. The molecule has 0 spiro atoms. The first-order valence-electron chi connectivity index (χ1n) is 9.52. The summed E-state index contributed by atoms with van der Waals surface area (Å²) in [5.41, 5.74) is 1.63. The van der Waals surface area contributed by atoms with Crippen LogP contribution in [-0.4, -0.2) is 41.5 Å². The Hall–Kier alpha value is -2.53. The summed E-state index contributed by atoms with van der Waals surface area (Å²) in [7, 11) is 1.72. The Morgan fingerprint density at radius 2 is 1.89 bits per heavy atom. The van der Waals surface area contributed by atoms with Gasteiger partial charge in [-0.25, -0.2) is 0 Å². The van der Waals surface area contributed by atoms with Crippen molar-refractivity contribution in [2.75, 3.05) is 20.2 Å². The number of phenolic OH excluding ortho intramolecular Hbond substituents is 2. The van der Waals surface area contributed by atoms with Crippen molar-refractivity contribution in [1.82, 2.24) is 4.90 Å². The minimum absolute atomic E-state index is 0.0824. The molecule has 0 heterocycles. The summed E-state index contributed by atoms with van der Waals surface area (Å²) in [5, 5.41) is 19.1. The van der Waals surface area contributed by atoms with E-state index in [4.69, 9.17) is 4.74 Å². The predicted octanol–water partition coefficient (Wildman–Crippen LogP) is 4.89. The van der Waals surface area contributed by atoms with Crippen molar-refractivity contribution in [3.05, 3.63) is 48.0 Å². The molecule has 0 fully saturated rings. The van der Waals surface area contributed by atoms with Crippen molar-refractivity contribution in [3.8, 4) is 17.2 Å². The molecule has 0 aromatic heterocycles. The second kappa shape index (κ2) is 11.2. The van der Waals surface area contributed by atoms with Crippen LogP contribution in [0.2, 0.25) is 0 Å². The fourth-order valence-electron chi connectivity index (χ4n) is 2.95. The number of methoxy groups -OCH3 is 1. The van der Waals surface area contributed by atoms with Gasteiger partial charge in [0.2, 0.25) is 0 Å². The van der Waals surface area contributed by atoms with E-state index in [-0.39, 0.29) is 11.5 Å². The largest absolute Gasteiger partial charge is 0.508 e. The quantitative estimate of drug-likeness (QED) is 0.336. The van der Waals surface area contributed by atoms with Gasteiger partial charge in [0, 0.05) is 24.4 Å². The van der Waals surface area contributed by atoms with Gasteiger partial charge in [-0.2, -0.15) is 0 Å². The summed E-state index contributed by atoms with van der Waals surface area (Å²) in [6, 6.07) is 12.5. The van der Waals surface area contributed by atoms with Gasteiger partial charge in [-0.05, 0) is 50.6 Å². The molecule has 0 radical (unpaired) electrons. The summed E-state index contributed by atoms with van der Waals surface area (Å²) in [5.74, 6) is 1.14. The van der Waals surface area contributed by atoms with Crippen LogP contribution in [0.1, 0.15) is 38.2 Å². The van der Waals surface area contributed by atoms with Crippen molar-refractivity contribution >= 4 is 11.9 Å². The van der Waals surface area contributed by atoms with Crippen molar-refractivity contribution in [3.63, 3.8) is 0 Å². The Bertz CT molecular complexity index is 731. The number of phenols is 2. The summed E-state index contributed by atoms with van der Waals surface area (Å²) in [4.78, 5) is 6.66. The van der Waals surface area contributed by atoms with E-state index in [1.807, 2.05) is 12.1 Å². The number of aromatic hydroxyl groups is 2. The van der Waals surface area contributed by atoms with E-state index >= 15 is 0 Å². The first-order chi connectivity index (χ1) is 13.1. The topological polar surface area (TPSA) is 65.3 Å². The number of ether oxygens (including phenoxy) is 1. The maximum absolute atomic E-state index is 9.68.